The third kappa shape index (κ3) is 3.47. The number of carbonyl (C=O) groups excluding carboxylic acids is 1. The van der Waals surface area contributed by atoms with Crippen LogP contribution in [-0.4, -0.2) is 47.8 Å². The molecule has 0 aromatic carbocycles. The number of aliphatic hydroxyl groups is 1. The minimum Gasteiger partial charge on any atom is -0.386 e. The van der Waals surface area contributed by atoms with E-state index in [4.69, 9.17) is 4.74 Å². The van der Waals surface area contributed by atoms with Crippen molar-refractivity contribution in [2.45, 2.75) is 38.7 Å². The summed E-state index contributed by atoms with van der Waals surface area (Å²) in [5, 5.41) is 9.87. The normalized spacial score (nSPS) is 18.7. The van der Waals surface area contributed by atoms with Gasteiger partial charge in [0.1, 0.15) is 6.61 Å². The number of rotatable bonds is 6. The summed E-state index contributed by atoms with van der Waals surface area (Å²) >= 11 is 0. The molecule has 1 fully saturated rings. The predicted octanol–water partition coefficient (Wildman–Crippen LogP) is 0.786. The minimum absolute atomic E-state index is 0.00997. The van der Waals surface area contributed by atoms with Crippen LogP contribution in [0.1, 0.15) is 33.1 Å². The zero-order chi connectivity index (χ0) is 11.3. The van der Waals surface area contributed by atoms with Gasteiger partial charge in [0.2, 0.25) is 5.91 Å². The third-order valence-electron chi connectivity index (χ3n) is 2.61. The zero-order valence-electron chi connectivity index (χ0n) is 9.66. The standard InChI is InChI=1S/C11H21NO3/c1-3-5-11(14)8-12(9-11)10(13)7-15-6-4-2/h14H,3-9H2,1-2H3. The Kier molecular flexibility index (Phi) is 4.54. The summed E-state index contributed by atoms with van der Waals surface area (Å²) in [7, 11) is 0. The van der Waals surface area contributed by atoms with Crippen molar-refractivity contribution in [1.29, 1.82) is 0 Å². The highest BCUT2D eigenvalue weighted by molar-refractivity contribution is 5.78. The number of nitrogens with zero attached hydrogens (tertiary/aromatic N) is 1. The van der Waals surface area contributed by atoms with Gasteiger partial charge in [0.05, 0.1) is 18.7 Å². The lowest BCUT2D eigenvalue weighted by atomic mass is 9.89. The maximum atomic E-state index is 11.5. The Balaban J connectivity index is 2.17. The predicted molar refractivity (Wildman–Crippen MR) is 57.5 cm³/mol. The van der Waals surface area contributed by atoms with Gasteiger partial charge in [-0.2, -0.15) is 0 Å². The molecule has 0 aliphatic carbocycles. The average Bonchev–Trinajstić information content (AvgIpc) is 2.14. The first kappa shape index (κ1) is 12.5. The van der Waals surface area contributed by atoms with Crippen LogP contribution in [0.3, 0.4) is 0 Å². The fourth-order valence-electron chi connectivity index (χ4n) is 1.86. The van der Waals surface area contributed by atoms with E-state index in [1.165, 1.54) is 0 Å². The fourth-order valence-corrected chi connectivity index (χ4v) is 1.86. The van der Waals surface area contributed by atoms with Gasteiger partial charge in [-0.1, -0.05) is 20.3 Å². The summed E-state index contributed by atoms with van der Waals surface area (Å²) < 4.78 is 5.16. The summed E-state index contributed by atoms with van der Waals surface area (Å²) in [4.78, 5) is 13.1. The largest absolute Gasteiger partial charge is 0.386 e. The van der Waals surface area contributed by atoms with Gasteiger partial charge in [0, 0.05) is 6.61 Å². The van der Waals surface area contributed by atoms with Crippen LogP contribution in [0, 0.1) is 0 Å². The highest BCUT2D eigenvalue weighted by Crippen LogP contribution is 2.25. The lowest BCUT2D eigenvalue weighted by molar-refractivity contribution is -0.160. The first-order valence-corrected chi connectivity index (χ1v) is 5.69. The zero-order valence-corrected chi connectivity index (χ0v) is 9.66. The first-order chi connectivity index (χ1) is 7.11. The highest BCUT2D eigenvalue weighted by Gasteiger charge is 2.42. The molecule has 1 aliphatic rings. The Labute approximate surface area is 91.2 Å². The maximum Gasteiger partial charge on any atom is 0.248 e. The molecule has 1 amide bonds. The van der Waals surface area contributed by atoms with E-state index < -0.39 is 5.60 Å². The number of likely N-dealkylation sites (tertiary alicyclic amines) is 1. The van der Waals surface area contributed by atoms with E-state index in [-0.39, 0.29) is 12.5 Å². The topological polar surface area (TPSA) is 49.8 Å². The van der Waals surface area contributed by atoms with Gasteiger partial charge in [-0.25, -0.2) is 0 Å². The van der Waals surface area contributed by atoms with Gasteiger partial charge < -0.3 is 14.7 Å². The van der Waals surface area contributed by atoms with Crippen molar-refractivity contribution in [2.24, 2.45) is 0 Å². The van der Waals surface area contributed by atoms with Crippen molar-refractivity contribution < 1.29 is 14.6 Å². The summed E-state index contributed by atoms with van der Waals surface area (Å²) in [6, 6.07) is 0. The summed E-state index contributed by atoms with van der Waals surface area (Å²) in [5.74, 6) is -0.00997. The van der Waals surface area contributed by atoms with Gasteiger partial charge in [-0.05, 0) is 12.8 Å². The molecule has 1 heterocycles. The maximum absolute atomic E-state index is 11.5. The van der Waals surface area contributed by atoms with Crippen molar-refractivity contribution in [3.63, 3.8) is 0 Å². The number of hydrogen-bond donors (Lipinski definition) is 1. The molecule has 0 unspecified atom stereocenters. The molecule has 1 saturated heterocycles. The molecular formula is C11H21NO3. The second kappa shape index (κ2) is 5.47. The van der Waals surface area contributed by atoms with Crippen LogP contribution in [0.4, 0.5) is 0 Å². The number of hydrogen-bond acceptors (Lipinski definition) is 3. The Hall–Kier alpha value is -0.610. The van der Waals surface area contributed by atoms with E-state index >= 15 is 0 Å². The van der Waals surface area contributed by atoms with Crippen molar-refractivity contribution >= 4 is 5.91 Å². The van der Waals surface area contributed by atoms with Gasteiger partial charge in [0.15, 0.2) is 0 Å². The molecule has 88 valence electrons. The number of amides is 1. The van der Waals surface area contributed by atoms with E-state index in [2.05, 4.69) is 0 Å². The van der Waals surface area contributed by atoms with Crippen LogP contribution in [0.5, 0.6) is 0 Å². The summed E-state index contributed by atoms with van der Waals surface area (Å²) in [5.41, 5.74) is -0.630. The van der Waals surface area contributed by atoms with Gasteiger partial charge in [0.25, 0.3) is 0 Å². The Morgan fingerprint density at radius 3 is 2.60 bits per heavy atom. The monoisotopic (exact) mass is 215 g/mol. The van der Waals surface area contributed by atoms with Crippen LogP contribution in [-0.2, 0) is 9.53 Å². The molecule has 0 radical (unpaired) electrons. The Bertz CT molecular complexity index is 212. The number of β-amino-alcohol motifs (C(OH)–C–C–N with tert-alkyl or cyclic N) is 1. The van der Waals surface area contributed by atoms with Crippen LogP contribution in [0.15, 0.2) is 0 Å². The van der Waals surface area contributed by atoms with Crippen molar-refractivity contribution in [1.82, 2.24) is 4.90 Å². The molecular weight excluding hydrogens is 194 g/mol. The highest BCUT2D eigenvalue weighted by atomic mass is 16.5. The quantitative estimate of drug-likeness (QED) is 0.666. The van der Waals surface area contributed by atoms with Crippen molar-refractivity contribution in [3.8, 4) is 0 Å². The molecule has 1 rings (SSSR count). The first-order valence-electron chi connectivity index (χ1n) is 5.69. The Morgan fingerprint density at radius 1 is 1.40 bits per heavy atom. The van der Waals surface area contributed by atoms with Crippen LogP contribution < -0.4 is 0 Å². The summed E-state index contributed by atoms with van der Waals surface area (Å²) in [6.45, 7) is 5.75. The van der Waals surface area contributed by atoms with Crippen molar-refractivity contribution in [2.75, 3.05) is 26.3 Å². The number of ether oxygens (including phenoxy) is 1. The molecule has 0 saturated carbocycles. The van der Waals surface area contributed by atoms with Gasteiger partial charge >= 0.3 is 0 Å². The minimum atomic E-state index is -0.630. The van der Waals surface area contributed by atoms with E-state index in [1.54, 1.807) is 4.90 Å². The number of carbonyl (C=O) groups is 1. The van der Waals surface area contributed by atoms with Crippen LogP contribution >= 0.6 is 0 Å². The molecule has 0 aromatic heterocycles. The molecule has 0 bridgehead atoms. The second-order valence-electron chi connectivity index (χ2n) is 4.28. The van der Waals surface area contributed by atoms with Crippen LogP contribution in [0.2, 0.25) is 0 Å². The molecule has 4 nitrogen and oxygen atoms in total. The van der Waals surface area contributed by atoms with Gasteiger partial charge in [-0.15, -0.1) is 0 Å². The van der Waals surface area contributed by atoms with E-state index in [0.29, 0.717) is 19.7 Å². The molecule has 4 heteroatoms. The SMILES string of the molecule is CCCOCC(=O)N1CC(O)(CCC)C1. The lowest BCUT2D eigenvalue weighted by Gasteiger charge is -2.46. The third-order valence-corrected chi connectivity index (χ3v) is 2.61. The molecule has 0 aromatic rings. The fraction of sp³-hybridized carbons (Fsp3) is 0.909. The average molecular weight is 215 g/mol. The molecule has 15 heavy (non-hydrogen) atoms. The smallest absolute Gasteiger partial charge is 0.248 e. The van der Waals surface area contributed by atoms with Crippen molar-refractivity contribution in [3.05, 3.63) is 0 Å². The lowest BCUT2D eigenvalue weighted by Crippen LogP contribution is -2.64. The van der Waals surface area contributed by atoms with E-state index in [0.717, 1.165) is 19.3 Å². The van der Waals surface area contributed by atoms with E-state index in [9.17, 15) is 9.90 Å². The molecule has 1 aliphatic heterocycles. The molecule has 0 spiro atoms. The molecule has 1 N–H and O–H groups in total. The van der Waals surface area contributed by atoms with E-state index in [1.807, 2.05) is 13.8 Å². The van der Waals surface area contributed by atoms with Crippen LogP contribution in [0.25, 0.3) is 0 Å². The Morgan fingerprint density at radius 2 is 2.07 bits per heavy atom. The van der Waals surface area contributed by atoms with Gasteiger partial charge in [-0.3, -0.25) is 4.79 Å². The second-order valence-corrected chi connectivity index (χ2v) is 4.28. The molecule has 0 atom stereocenters. The summed E-state index contributed by atoms with van der Waals surface area (Å²) in [6.07, 6.45) is 2.64.